The highest BCUT2D eigenvalue weighted by Crippen LogP contribution is 2.40. The maximum atomic E-state index is 3.86. The van der Waals surface area contributed by atoms with Crippen LogP contribution in [0.15, 0.2) is 36.4 Å². The van der Waals surface area contributed by atoms with Crippen LogP contribution in [0.3, 0.4) is 0 Å². The van der Waals surface area contributed by atoms with Gasteiger partial charge in [0.05, 0.1) is 0 Å². The van der Waals surface area contributed by atoms with E-state index in [1.54, 1.807) is 0 Å². The molecule has 1 aromatic rings. The van der Waals surface area contributed by atoms with Crippen LogP contribution in [0.2, 0.25) is 16.6 Å². The topological polar surface area (TPSA) is 3.24 Å². The second kappa shape index (κ2) is 9.25. The second-order valence-electron chi connectivity index (χ2n) is 7.89. The van der Waals surface area contributed by atoms with Gasteiger partial charge in [-0.3, -0.25) is 0 Å². The van der Waals surface area contributed by atoms with Gasteiger partial charge in [0.15, 0.2) is 0 Å². The van der Waals surface area contributed by atoms with Gasteiger partial charge in [-0.25, -0.2) is 0 Å². The van der Waals surface area contributed by atoms with Crippen LogP contribution < -0.4 is 0 Å². The summed E-state index contributed by atoms with van der Waals surface area (Å²) in [5, 5.41) is 0. The van der Waals surface area contributed by atoms with Crippen LogP contribution in [0.25, 0.3) is 5.57 Å². The minimum atomic E-state index is -1.70. The molecule has 1 aromatic carbocycles. The quantitative estimate of drug-likeness (QED) is 0.463. The van der Waals surface area contributed by atoms with E-state index in [1.807, 2.05) is 0 Å². The first kappa shape index (κ1) is 20.7. The second-order valence-corrected chi connectivity index (χ2v) is 13.5. The number of benzene rings is 1. The molecule has 0 amide bonds. The summed E-state index contributed by atoms with van der Waals surface area (Å²) in [6.07, 6.45) is 2.27. The van der Waals surface area contributed by atoms with Gasteiger partial charge in [0.1, 0.15) is 8.07 Å². The fourth-order valence-corrected chi connectivity index (χ4v) is 8.96. The van der Waals surface area contributed by atoms with Gasteiger partial charge in [-0.15, -0.1) is 5.54 Å². The highest BCUT2D eigenvalue weighted by molar-refractivity contribution is 6.90. The first-order chi connectivity index (χ1) is 11.2. The Morgan fingerprint density at radius 3 is 1.88 bits per heavy atom. The van der Waals surface area contributed by atoms with E-state index in [1.165, 1.54) is 11.1 Å². The Labute approximate surface area is 151 Å². The molecule has 0 saturated heterocycles. The zero-order valence-corrected chi connectivity index (χ0v) is 17.9. The van der Waals surface area contributed by atoms with Crippen molar-refractivity contribution in [1.82, 2.24) is 4.90 Å². The molecular weight excluding hydrogens is 306 g/mol. The van der Waals surface area contributed by atoms with Crippen molar-refractivity contribution in [2.75, 3.05) is 20.6 Å². The molecule has 0 fully saturated rings. The lowest BCUT2D eigenvalue weighted by Crippen LogP contribution is -2.43. The van der Waals surface area contributed by atoms with E-state index in [0.717, 1.165) is 6.54 Å². The molecule has 0 spiro atoms. The Balaban J connectivity index is 3.37. The number of likely N-dealkylation sites (N-methyl/N-ethyl adjacent to an activating group) is 1. The molecule has 1 rings (SSSR count). The van der Waals surface area contributed by atoms with Gasteiger partial charge < -0.3 is 4.90 Å². The van der Waals surface area contributed by atoms with Crippen molar-refractivity contribution in [2.45, 2.75) is 58.2 Å². The van der Waals surface area contributed by atoms with Crippen molar-refractivity contribution in [3.8, 4) is 11.5 Å². The third-order valence-corrected chi connectivity index (χ3v) is 11.3. The molecule has 0 heterocycles. The maximum Gasteiger partial charge on any atom is 0.146 e. The van der Waals surface area contributed by atoms with E-state index >= 15 is 0 Å². The minimum absolute atomic E-state index is 0.663. The van der Waals surface area contributed by atoms with Crippen molar-refractivity contribution in [1.29, 1.82) is 0 Å². The average Bonchev–Trinajstić information content (AvgIpc) is 2.50. The van der Waals surface area contributed by atoms with Gasteiger partial charge in [-0.1, -0.05) is 83.9 Å². The molecule has 24 heavy (non-hydrogen) atoms. The largest absolute Gasteiger partial charge is 0.306 e. The Morgan fingerprint density at radius 2 is 1.46 bits per heavy atom. The lowest BCUT2D eigenvalue weighted by atomic mass is 10.1. The fourth-order valence-electron chi connectivity index (χ4n) is 3.74. The summed E-state index contributed by atoms with van der Waals surface area (Å²) >= 11 is 0. The smallest absolute Gasteiger partial charge is 0.146 e. The molecule has 132 valence electrons. The summed E-state index contributed by atoms with van der Waals surface area (Å²) in [6.45, 7) is 15.1. The molecule has 0 saturated carbocycles. The molecule has 0 aliphatic heterocycles. The summed E-state index contributed by atoms with van der Waals surface area (Å²) in [6, 6.07) is 10.6. The van der Waals surface area contributed by atoms with Crippen LogP contribution >= 0.6 is 0 Å². The monoisotopic (exact) mass is 341 g/mol. The summed E-state index contributed by atoms with van der Waals surface area (Å²) in [4.78, 5) is 2.18. The lowest BCUT2D eigenvalue weighted by molar-refractivity contribution is 0.457. The first-order valence-electron chi connectivity index (χ1n) is 9.15. The molecule has 0 radical (unpaired) electrons. The van der Waals surface area contributed by atoms with Gasteiger partial charge in [0.2, 0.25) is 0 Å². The van der Waals surface area contributed by atoms with Gasteiger partial charge in [-0.05, 0) is 36.3 Å². The van der Waals surface area contributed by atoms with Gasteiger partial charge >= 0.3 is 0 Å². The lowest BCUT2D eigenvalue weighted by Gasteiger charge is -2.38. The van der Waals surface area contributed by atoms with Gasteiger partial charge in [0.25, 0.3) is 0 Å². The van der Waals surface area contributed by atoms with E-state index < -0.39 is 8.07 Å². The molecule has 0 atom stereocenters. The van der Waals surface area contributed by atoms with E-state index in [0.29, 0.717) is 16.6 Å². The number of nitrogens with zero attached hydrogens (tertiary/aromatic N) is 1. The molecule has 0 aliphatic carbocycles. The predicted octanol–water partition coefficient (Wildman–Crippen LogP) is 5.85. The van der Waals surface area contributed by atoms with Crippen molar-refractivity contribution in [3.63, 3.8) is 0 Å². The van der Waals surface area contributed by atoms with Crippen molar-refractivity contribution >= 4 is 13.6 Å². The highest BCUT2D eigenvalue weighted by Gasteiger charge is 2.41. The van der Waals surface area contributed by atoms with Crippen LogP contribution in [0.1, 0.15) is 47.1 Å². The van der Waals surface area contributed by atoms with E-state index in [2.05, 4.69) is 108 Å². The summed E-state index contributed by atoms with van der Waals surface area (Å²) in [5.41, 5.74) is 8.24. The van der Waals surface area contributed by atoms with E-state index in [9.17, 15) is 0 Å². The molecular formula is C22H35NSi. The Bertz CT molecular complexity index is 564. The molecule has 0 bridgehead atoms. The Hall–Kier alpha value is -1.30. The summed E-state index contributed by atoms with van der Waals surface area (Å²) in [5.74, 6) is 3.62. The van der Waals surface area contributed by atoms with Crippen molar-refractivity contribution < 1.29 is 0 Å². The number of hydrogen-bond acceptors (Lipinski definition) is 1. The van der Waals surface area contributed by atoms with Crippen LogP contribution in [0, 0.1) is 11.5 Å². The van der Waals surface area contributed by atoms with Crippen LogP contribution in [0.5, 0.6) is 0 Å². The van der Waals surface area contributed by atoms with Crippen molar-refractivity contribution in [3.05, 3.63) is 42.0 Å². The number of allylic oxidation sites excluding steroid dienone is 1. The predicted molar refractivity (Wildman–Crippen MR) is 112 cm³/mol. The standard InChI is InChI=1S/C22H35NSi/c1-18(2)24(19(3)4,20(5)6)17-15-22(14-16-23(7)8)21-12-10-9-11-13-21/h9-14,18-20H,16H2,1-8H3/b22-14-. The van der Waals surface area contributed by atoms with Gasteiger partial charge in [0, 0.05) is 12.1 Å². The molecule has 0 aliphatic rings. The van der Waals surface area contributed by atoms with Crippen LogP contribution in [0.4, 0.5) is 0 Å². The zero-order valence-electron chi connectivity index (χ0n) is 16.9. The van der Waals surface area contributed by atoms with E-state index in [-0.39, 0.29) is 0 Å². The van der Waals surface area contributed by atoms with E-state index in [4.69, 9.17) is 0 Å². The van der Waals surface area contributed by atoms with Gasteiger partial charge in [-0.2, -0.15) is 0 Å². The third-order valence-electron chi connectivity index (χ3n) is 5.03. The normalized spacial score (nSPS) is 12.9. The van der Waals surface area contributed by atoms with Crippen molar-refractivity contribution in [2.24, 2.45) is 0 Å². The Morgan fingerprint density at radius 1 is 0.958 bits per heavy atom. The Kier molecular flexibility index (Phi) is 7.99. The molecule has 2 heteroatoms. The minimum Gasteiger partial charge on any atom is -0.306 e. The molecule has 0 unspecified atom stereocenters. The SMILES string of the molecule is CC(C)[Si](C#C/C(=C/CN(C)C)c1ccccc1)(C(C)C)C(C)C. The zero-order chi connectivity index (χ0) is 18.3. The van der Waals surface area contributed by atoms with Crippen LogP contribution in [-0.2, 0) is 0 Å². The summed E-state index contributed by atoms with van der Waals surface area (Å²) < 4.78 is 0. The fraction of sp³-hybridized carbons (Fsp3) is 0.545. The summed E-state index contributed by atoms with van der Waals surface area (Å²) in [7, 11) is 2.50. The van der Waals surface area contributed by atoms with Crippen LogP contribution in [-0.4, -0.2) is 33.6 Å². The average molecular weight is 342 g/mol. The molecule has 0 aromatic heterocycles. The first-order valence-corrected chi connectivity index (χ1v) is 11.4. The molecule has 0 N–H and O–H groups in total. The molecule has 1 nitrogen and oxygen atoms in total. The maximum absolute atomic E-state index is 3.86. The third kappa shape index (κ3) is 5.10. The number of hydrogen-bond donors (Lipinski definition) is 0. The number of rotatable bonds is 6. The highest BCUT2D eigenvalue weighted by atomic mass is 28.3.